The van der Waals surface area contributed by atoms with E-state index in [0.29, 0.717) is 12.1 Å². The molecule has 0 unspecified atom stereocenters. The predicted molar refractivity (Wildman–Crippen MR) is 79.2 cm³/mol. The predicted octanol–water partition coefficient (Wildman–Crippen LogP) is 3.13. The number of nitriles is 1. The van der Waals surface area contributed by atoms with Gasteiger partial charge in [0.05, 0.1) is 11.6 Å². The molecule has 0 saturated heterocycles. The van der Waals surface area contributed by atoms with Crippen LogP contribution in [0.1, 0.15) is 18.1 Å². The van der Waals surface area contributed by atoms with Gasteiger partial charge in [0.15, 0.2) is 0 Å². The lowest BCUT2D eigenvalue weighted by Gasteiger charge is -2.09. The van der Waals surface area contributed by atoms with E-state index in [2.05, 4.69) is 16.7 Å². The zero-order valence-electron chi connectivity index (χ0n) is 11.2. The second kappa shape index (κ2) is 6.39. The Morgan fingerprint density at radius 2 is 1.90 bits per heavy atom. The summed E-state index contributed by atoms with van der Waals surface area (Å²) in [5.41, 5.74) is 3.25. The lowest BCUT2D eigenvalue weighted by molar-refractivity contribution is -0.114. The minimum Gasteiger partial charge on any atom is -0.381 e. The van der Waals surface area contributed by atoms with E-state index in [1.807, 2.05) is 42.5 Å². The number of anilines is 2. The number of carbonyl (C=O) groups is 1. The summed E-state index contributed by atoms with van der Waals surface area (Å²) < 4.78 is 0. The van der Waals surface area contributed by atoms with Crippen LogP contribution in [0.25, 0.3) is 0 Å². The van der Waals surface area contributed by atoms with Crippen LogP contribution in [0.2, 0.25) is 0 Å². The van der Waals surface area contributed by atoms with E-state index in [1.165, 1.54) is 6.92 Å². The van der Waals surface area contributed by atoms with Crippen LogP contribution in [0.15, 0.2) is 48.5 Å². The van der Waals surface area contributed by atoms with Crippen molar-refractivity contribution < 1.29 is 4.79 Å². The molecule has 0 atom stereocenters. The molecule has 2 N–H and O–H groups in total. The Balaban J connectivity index is 2.07. The van der Waals surface area contributed by atoms with Crippen LogP contribution in [-0.2, 0) is 11.3 Å². The van der Waals surface area contributed by atoms with Gasteiger partial charge in [-0.05, 0) is 29.8 Å². The molecule has 0 aliphatic heterocycles. The third-order valence-electron chi connectivity index (χ3n) is 2.80. The summed E-state index contributed by atoms with van der Waals surface area (Å²) in [6.07, 6.45) is 0. The van der Waals surface area contributed by atoms with Crippen LogP contribution in [0.5, 0.6) is 0 Å². The van der Waals surface area contributed by atoms with Crippen LogP contribution in [0, 0.1) is 11.3 Å². The van der Waals surface area contributed by atoms with Crippen molar-refractivity contribution in [2.24, 2.45) is 0 Å². The molecule has 2 aromatic rings. The molecule has 0 saturated carbocycles. The van der Waals surface area contributed by atoms with Crippen molar-refractivity contribution in [3.05, 3.63) is 59.7 Å². The number of benzene rings is 2. The smallest absolute Gasteiger partial charge is 0.221 e. The summed E-state index contributed by atoms with van der Waals surface area (Å²) in [5, 5.41) is 15.0. The average molecular weight is 265 g/mol. The van der Waals surface area contributed by atoms with Gasteiger partial charge in [0, 0.05) is 24.8 Å². The van der Waals surface area contributed by atoms with Crippen molar-refractivity contribution in [2.75, 3.05) is 10.6 Å². The normalized spacial score (nSPS) is 9.60. The average Bonchev–Trinajstić information content (AvgIpc) is 2.45. The number of carbonyl (C=O) groups excluding carboxylic acids is 1. The monoisotopic (exact) mass is 265 g/mol. The van der Waals surface area contributed by atoms with E-state index in [9.17, 15) is 4.79 Å². The quantitative estimate of drug-likeness (QED) is 0.892. The maximum absolute atomic E-state index is 11.0. The summed E-state index contributed by atoms with van der Waals surface area (Å²) in [7, 11) is 0. The Hall–Kier alpha value is -2.80. The highest BCUT2D eigenvalue weighted by atomic mass is 16.1. The van der Waals surface area contributed by atoms with E-state index in [-0.39, 0.29) is 5.91 Å². The molecular formula is C16H15N3O. The van der Waals surface area contributed by atoms with Gasteiger partial charge in [-0.25, -0.2) is 0 Å². The lowest BCUT2D eigenvalue weighted by atomic mass is 10.1. The molecule has 4 heteroatoms. The fourth-order valence-electron chi connectivity index (χ4n) is 1.89. The molecule has 100 valence electrons. The van der Waals surface area contributed by atoms with Crippen molar-refractivity contribution in [3.8, 4) is 6.07 Å². The first-order valence-corrected chi connectivity index (χ1v) is 6.28. The maximum atomic E-state index is 11.0. The van der Waals surface area contributed by atoms with Crippen LogP contribution in [0.4, 0.5) is 11.4 Å². The molecule has 0 aliphatic rings. The van der Waals surface area contributed by atoms with Crippen molar-refractivity contribution >= 4 is 17.3 Å². The zero-order valence-corrected chi connectivity index (χ0v) is 11.2. The van der Waals surface area contributed by atoms with Gasteiger partial charge < -0.3 is 10.6 Å². The number of hydrogen-bond donors (Lipinski definition) is 2. The SMILES string of the molecule is CC(=O)Nc1cccc(NCc2ccccc2C#N)c1. The van der Waals surface area contributed by atoms with Crippen molar-refractivity contribution in [1.82, 2.24) is 0 Å². The summed E-state index contributed by atoms with van der Waals surface area (Å²) in [6, 6.07) is 17.1. The Bertz CT molecular complexity index is 659. The largest absolute Gasteiger partial charge is 0.381 e. The Morgan fingerprint density at radius 3 is 2.65 bits per heavy atom. The Kier molecular flexibility index (Phi) is 4.35. The van der Waals surface area contributed by atoms with Gasteiger partial charge >= 0.3 is 0 Å². The van der Waals surface area contributed by atoms with Gasteiger partial charge in [-0.1, -0.05) is 24.3 Å². The van der Waals surface area contributed by atoms with Gasteiger partial charge in [-0.3, -0.25) is 4.79 Å². The fourth-order valence-corrected chi connectivity index (χ4v) is 1.89. The van der Waals surface area contributed by atoms with Crippen molar-refractivity contribution in [1.29, 1.82) is 5.26 Å². The first kappa shape index (κ1) is 13.6. The van der Waals surface area contributed by atoms with E-state index in [0.717, 1.165) is 16.9 Å². The summed E-state index contributed by atoms with van der Waals surface area (Å²) in [6.45, 7) is 2.04. The third-order valence-corrected chi connectivity index (χ3v) is 2.80. The molecule has 1 amide bonds. The van der Waals surface area contributed by atoms with Gasteiger partial charge in [-0.2, -0.15) is 5.26 Å². The first-order chi connectivity index (χ1) is 9.69. The molecule has 2 rings (SSSR count). The summed E-state index contributed by atoms with van der Waals surface area (Å²) in [5.74, 6) is -0.100. The molecule has 0 heterocycles. The standard InChI is InChI=1S/C16H15N3O/c1-12(20)19-16-8-4-7-15(9-16)18-11-14-6-3-2-5-13(14)10-17/h2-9,18H,11H2,1H3,(H,19,20). The molecule has 0 aliphatic carbocycles. The number of hydrogen-bond acceptors (Lipinski definition) is 3. The first-order valence-electron chi connectivity index (χ1n) is 6.28. The highest BCUT2D eigenvalue weighted by Crippen LogP contribution is 2.17. The minimum absolute atomic E-state index is 0.100. The Labute approximate surface area is 118 Å². The lowest BCUT2D eigenvalue weighted by Crippen LogP contribution is -2.06. The number of nitrogens with one attached hydrogen (secondary N) is 2. The second-order valence-electron chi connectivity index (χ2n) is 4.38. The van der Waals surface area contributed by atoms with Gasteiger partial charge in [0.1, 0.15) is 0 Å². The fraction of sp³-hybridized carbons (Fsp3) is 0.125. The third kappa shape index (κ3) is 3.59. The van der Waals surface area contributed by atoms with Crippen LogP contribution >= 0.6 is 0 Å². The van der Waals surface area contributed by atoms with Gasteiger partial charge in [-0.15, -0.1) is 0 Å². The zero-order chi connectivity index (χ0) is 14.4. The van der Waals surface area contributed by atoms with Crippen LogP contribution in [0.3, 0.4) is 0 Å². The van der Waals surface area contributed by atoms with Crippen molar-refractivity contribution in [3.63, 3.8) is 0 Å². The topological polar surface area (TPSA) is 64.9 Å². The molecule has 0 fully saturated rings. The number of nitrogens with zero attached hydrogens (tertiary/aromatic N) is 1. The van der Waals surface area contributed by atoms with E-state index in [1.54, 1.807) is 6.07 Å². The molecule has 0 bridgehead atoms. The Morgan fingerprint density at radius 1 is 1.15 bits per heavy atom. The minimum atomic E-state index is -0.100. The van der Waals surface area contributed by atoms with E-state index < -0.39 is 0 Å². The van der Waals surface area contributed by atoms with E-state index in [4.69, 9.17) is 5.26 Å². The van der Waals surface area contributed by atoms with Gasteiger partial charge in [0.25, 0.3) is 0 Å². The second-order valence-corrected chi connectivity index (χ2v) is 4.38. The van der Waals surface area contributed by atoms with Gasteiger partial charge in [0.2, 0.25) is 5.91 Å². The molecule has 0 spiro atoms. The van der Waals surface area contributed by atoms with Crippen molar-refractivity contribution in [2.45, 2.75) is 13.5 Å². The molecule has 0 radical (unpaired) electrons. The molecular weight excluding hydrogens is 250 g/mol. The highest BCUT2D eigenvalue weighted by Gasteiger charge is 2.01. The highest BCUT2D eigenvalue weighted by molar-refractivity contribution is 5.89. The van der Waals surface area contributed by atoms with E-state index >= 15 is 0 Å². The van der Waals surface area contributed by atoms with Crippen LogP contribution < -0.4 is 10.6 Å². The summed E-state index contributed by atoms with van der Waals surface area (Å²) >= 11 is 0. The molecule has 0 aromatic heterocycles. The molecule has 4 nitrogen and oxygen atoms in total. The maximum Gasteiger partial charge on any atom is 0.221 e. The molecule has 2 aromatic carbocycles. The number of amides is 1. The molecule has 20 heavy (non-hydrogen) atoms. The number of rotatable bonds is 4. The summed E-state index contributed by atoms with van der Waals surface area (Å²) in [4.78, 5) is 11.0. The van der Waals surface area contributed by atoms with Crippen LogP contribution in [-0.4, -0.2) is 5.91 Å².